The van der Waals surface area contributed by atoms with E-state index in [1.807, 2.05) is 4.83 Å². The lowest BCUT2D eigenvalue weighted by Gasteiger charge is -2.03. The van der Waals surface area contributed by atoms with Gasteiger partial charge in [0.25, 0.3) is 10.0 Å². The zero-order chi connectivity index (χ0) is 15.3. The summed E-state index contributed by atoms with van der Waals surface area (Å²) >= 11 is 0. The molecule has 2 N–H and O–H groups in total. The smallest absolute Gasteiger partial charge is 0.336 e. The summed E-state index contributed by atoms with van der Waals surface area (Å²) in [5.74, 6) is -1.11. The molecule has 2 aromatic rings. The molecule has 0 aliphatic carbocycles. The Morgan fingerprint density at radius 3 is 2.33 bits per heavy atom. The maximum absolute atomic E-state index is 11.9. The van der Waals surface area contributed by atoms with Gasteiger partial charge < -0.3 is 5.11 Å². The Kier molecular flexibility index (Phi) is 4.34. The molecule has 0 aliphatic rings. The van der Waals surface area contributed by atoms with Crippen molar-refractivity contribution in [2.45, 2.75) is 4.90 Å². The molecule has 0 radical (unpaired) electrons. The van der Waals surface area contributed by atoms with Crippen LogP contribution in [0.4, 0.5) is 0 Å². The van der Waals surface area contributed by atoms with E-state index in [-0.39, 0.29) is 10.5 Å². The highest BCUT2D eigenvalue weighted by atomic mass is 32.2. The maximum Gasteiger partial charge on any atom is 0.336 e. The fourth-order valence-corrected chi connectivity index (χ4v) is 2.43. The Hall–Kier alpha value is -2.67. The molecule has 0 saturated carbocycles. The van der Waals surface area contributed by atoms with E-state index < -0.39 is 16.0 Å². The number of carbonyl (C=O) groups is 1. The quantitative estimate of drug-likeness (QED) is 0.649. The summed E-state index contributed by atoms with van der Waals surface area (Å²) in [4.78, 5) is 13.1. The first-order valence-electron chi connectivity index (χ1n) is 5.93. The third-order valence-corrected chi connectivity index (χ3v) is 3.86. The first kappa shape index (κ1) is 14.7. The van der Waals surface area contributed by atoms with Crippen molar-refractivity contribution in [2.75, 3.05) is 0 Å². The van der Waals surface area contributed by atoms with Crippen molar-refractivity contribution in [3.05, 3.63) is 65.7 Å². The van der Waals surface area contributed by atoms with Gasteiger partial charge >= 0.3 is 5.97 Å². The predicted molar refractivity (Wildman–Crippen MR) is 77.8 cm³/mol. The van der Waals surface area contributed by atoms with Gasteiger partial charge in [0.1, 0.15) is 0 Å². The van der Waals surface area contributed by atoms with E-state index in [1.54, 1.807) is 30.3 Å². The average Bonchev–Trinajstić information content (AvgIpc) is 2.48. The zero-order valence-electron chi connectivity index (χ0n) is 10.8. The summed E-state index contributed by atoms with van der Waals surface area (Å²) in [6, 6.07) is 13.9. The maximum atomic E-state index is 11.9. The highest BCUT2D eigenvalue weighted by molar-refractivity contribution is 7.89. The fourth-order valence-electron chi connectivity index (χ4n) is 1.62. The summed E-state index contributed by atoms with van der Waals surface area (Å²) in [6.45, 7) is 0. The standard InChI is InChI=1S/C14H12N2O4S/c17-14(18)13-9-5-4-6-11(13)10-15-16-21(19,20)12-7-2-1-3-8-12/h1-10,16H,(H,17,18). The third-order valence-electron chi connectivity index (χ3n) is 2.62. The van der Waals surface area contributed by atoms with Gasteiger partial charge in [-0.05, 0) is 18.2 Å². The largest absolute Gasteiger partial charge is 0.478 e. The van der Waals surface area contributed by atoms with Crippen molar-refractivity contribution in [2.24, 2.45) is 5.10 Å². The molecule has 0 unspecified atom stereocenters. The number of carboxylic acid groups (broad SMARTS) is 1. The van der Waals surface area contributed by atoms with Gasteiger partial charge in [-0.2, -0.15) is 13.5 Å². The van der Waals surface area contributed by atoms with E-state index in [0.29, 0.717) is 5.56 Å². The number of benzene rings is 2. The van der Waals surface area contributed by atoms with Crippen LogP contribution < -0.4 is 4.83 Å². The van der Waals surface area contributed by atoms with E-state index in [1.165, 1.54) is 24.3 Å². The van der Waals surface area contributed by atoms with Crippen LogP contribution in [0.5, 0.6) is 0 Å². The topological polar surface area (TPSA) is 95.8 Å². The Balaban J connectivity index is 2.19. The van der Waals surface area contributed by atoms with Crippen LogP contribution in [0, 0.1) is 0 Å². The zero-order valence-corrected chi connectivity index (χ0v) is 11.6. The lowest BCUT2D eigenvalue weighted by Crippen LogP contribution is -2.18. The van der Waals surface area contributed by atoms with Crippen molar-refractivity contribution < 1.29 is 18.3 Å². The van der Waals surface area contributed by atoms with Crippen LogP contribution in [0.15, 0.2) is 64.6 Å². The van der Waals surface area contributed by atoms with Crippen molar-refractivity contribution in [3.63, 3.8) is 0 Å². The van der Waals surface area contributed by atoms with Gasteiger partial charge in [0, 0.05) is 5.56 Å². The van der Waals surface area contributed by atoms with E-state index in [4.69, 9.17) is 5.11 Å². The number of sulfonamides is 1. The molecule has 108 valence electrons. The molecule has 0 heterocycles. The van der Waals surface area contributed by atoms with Crippen LogP contribution in [0.1, 0.15) is 15.9 Å². The van der Waals surface area contributed by atoms with Gasteiger partial charge in [0.15, 0.2) is 0 Å². The minimum absolute atomic E-state index is 0.0418. The molecule has 21 heavy (non-hydrogen) atoms. The monoisotopic (exact) mass is 304 g/mol. The molecule has 0 spiro atoms. The molecule has 0 saturated heterocycles. The van der Waals surface area contributed by atoms with Crippen LogP contribution in [-0.2, 0) is 10.0 Å². The molecular formula is C14H12N2O4S. The second kappa shape index (κ2) is 6.19. The SMILES string of the molecule is O=C(O)c1ccccc1C=NNS(=O)(=O)c1ccccc1. The lowest BCUT2D eigenvalue weighted by atomic mass is 10.1. The molecule has 0 aliphatic heterocycles. The van der Waals surface area contributed by atoms with E-state index >= 15 is 0 Å². The number of carboxylic acids is 1. The van der Waals surface area contributed by atoms with Crippen LogP contribution in [0.2, 0.25) is 0 Å². The predicted octanol–water partition coefficient (Wildman–Crippen LogP) is 1.70. The van der Waals surface area contributed by atoms with Crippen molar-refractivity contribution >= 4 is 22.2 Å². The molecule has 0 bridgehead atoms. The number of rotatable bonds is 5. The van der Waals surface area contributed by atoms with Crippen LogP contribution >= 0.6 is 0 Å². The molecule has 0 aromatic heterocycles. The Morgan fingerprint density at radius 2 is 1.67 bits per heavy atom. The van der Waals surface area contributed by atoms with Crippen LogP contribution in [0.25, 0.3) is 0 Å². The summed E-state index contributed by atoms with van der Waals surface area (Å²) in [5, 5.41) is 12.6. The van der Waals surface area contributed by atoms with Crippen molar-refractivity contribution in [1.29, 1.82) is 0 Å². The van der Waals surface area contributed by atoms with Crippen molar-refractivity contribution in [1.82, 2.24) is 4.83 Å². The number of nitrogens with one attached hydrogen (secondary N) is 1. The normalized spacial score (nSPS) is 11.4. The number of nitrogens with zero attached hydrogens (tertiary/aromatic N) is 1. The summed E-state index contributed by atoms with van der Waals surface area (Å²) in [6.07, 6.45) is 1.16. The van der Waals surface area contributed by atoms with Gasteiger partial charge in [0.2, 0.25) is 0 Å². The Bertz CT molecular complexity index is 771. The molecular weight excluding hydrogens is 292 g/mol. The van der Waals surface area contributed by atoms with Crippen LogP contribution in [0.3, 0.4) is 0 Å². The second-order valence-corrected chi connectivity index (χ2v) is 5.72. The number of hydrogen-bond acceptors (Lipinski definition) is 4. The minimum Gasteiger partial charge on any atom is -0.478 e. The van der Waals surface area contributed by atoms with Gasteiger partial charge in [-0.1, -0.05) is 36.4 Å². The minimum atomic E-state index is -3.76. The van der Waals surface area contributed by atoms with E-state index in [9.17, 15) is 13.2 Å². The summed E-state index contributed by atoms with van der Waals surface area (Å²) in [7, 11) is -3.76. The molecule has 6 nitrogen and oxygen atoms in total. The first-order valence-corrected chi connectivity index (χ1v) is 7.41. The molecule has 0 atom stereocenters. The molecule has 2 rings (SSSR count). The number of hydrazone groups is 1. The number of aromatic carboxylic acids is 1. The lowest BCUT2D eigenvalue weighted by molar-refractivity contribution is 0.0696. The molecule has 0 fully saturated rings. The van der Waals surface area contributed by atoms with E-state index in [2.05, 4.69) is 5.10 Å². The Morgan fingerprint density at radius 1 is 1.05 bits per heavy atom. The van der Waals surface area contributed by atoms with Crippen LogP contribution in [-0.4, -0.2) is 25.7 Å². The highest BCUT2D eigenvalue weighted by Gasteiger charge is 2.11. The third kappa shape index (κ3) is 3.67. The van der Waals surface area contributed by atoms with Gasteiger partial charge in [-0.15, -0.1) is 0 Å². The first-order chi connectivity index (χ1) is 10.0. The second-order valence-electron chi connectivity index (χ2n) is 4.06. The van der Waals surface area contributed by atoms with E-state index in [0.717, 1.165) is 6.21 Å². The molecule has 7 heteroatoms. The summed E-state index contributed by atoms with van der Waals surface area (Å²) < 4.78 is 23.8. The van der Waals surface area contributed by atoms with Gasteiger partial charge in [-0.3, -0.25) is 0 Å². The number of hydrogen-bond donors (Lipinski definition) is 2. The Labute approximate surface area is 121 Å². The molecule has 0 amide bonds. The highest BCUT2D eigenvalue weighted by Crippen LogP contribution is 2.08. The summed E-state index contributed by atoms with van der Waals surface area (Å²) in [5.41, 5.74) is 0.348. The molecule has 2 aromatic carbocycles. The van der Waals surface area contributed by atoms with Crippen molar-refractivity contribution in [3.8, 4) is 0 Å². The van der Waals surface area contributed by atoms with Gasteiger partial charge in [-0.25, -0.2) is 9.63 Å². The average molecular weight is 304 g/mol. The van der Waals surface area contributed by atoms with Gasteiger partial charge in [0.05, 0.1) is 16.7 Å². The fraction of sp³-hybridized carbons (Fsp3) is 0.